The number of anilines is 2. The van der Waals surface area contributed by atoms with Crippen molar-refractivity contribution in [1.29, 1.82) is 0 Å². The zero-order chi connectivity index (χ0) is 22.0. The summed E-state index contributed by atoms with van der Waals surface area (Å²) in [4.78, 5) is 12.2. The molecule has 8 nitrogen and oxygen atoms in total. The minimum atomic E-state index is -3.91. The molecule has 0 aromatic heterocycles. The molecule has 0 heterocycles. The fraction of sp³-hybridized carbons (Fsp3) is 0.235. The van der Waals surface area contributed by atoms with Gasteiger partial charge >= 0.3 is 0 Å². The van der Waals surface area contributed by atoms with Crippen LogP contribution in [0.15, 0.2) is 47.4 Å². The van der Waals surface area contributed by atoms with Gasteiger partial charge in [0.25, 0.3) is 0 Å². The number of nitrogens with zero attached hydrogens (tertiary/aromatic N) is 2. The second-order valence-electron chi connectivity index (χ2n) is 6.23. The lowest BCUT2D eigenvalue weighted by Crippen LogP contribution is -2.37. The number of benzene rings is 2. The van der Waals surface area contributed by atoms with Gasteiger partial charge in [-0.15, -0.1) is 0 Å². The van der Waals surface area contributed by atoms with Crippen molar-refractivity contribution in [3.63, 3.8) is 0 Å². The van der Waals surface area contributed by atoms with Crippen LogP contribution in [0, 0.1) is 11.6 Å². The average Bonchev–Trinajstić information content (AvgIpc) is 2.62. The summed E-state index contributed by atoms with van der Waals surface area (Å²) in [6, 6.07) is 7.65. The van der Waals surface area contributed by atoms with E-state index in [2.05, 4.69) is 5.32 Å². The van der Waals surface area contributed by atoms with E-state index >= 15 is 0 Å². The molecular formula is C17H19F2N3O5S2. The molecule has 0 atom stereocenters. The highest BCUT2D eigenvalue weighted by molar-refractivity contribution is 7.92. The van der Waals surface area contributed by atoms with Gasteiger partial charge < -0.3 is 5.32 Å². The van der Waals surface area contributed by atoms with Gasteiger partial charge in [0.2, 0.25) is 26.0 Å². The van der Waals surface area contributed by atoms with E-state index in [9.17, 15) is 30.4 Å². The van der Waals surface area contributed by atoms with Crippen LogP contribution in [-0.4, -0.2) is 53.9 Å². The molecule has 2 rings (SSSR count). The van der Waals surface area contributed by atoms with Crippen LogP contribution >= 0.6 is 0 Å². The molecule has 2 aromatic carbocycles. The number of hydrogen-bond donors (Lipinski definition) is 1. The van der Waals surface area contributed by atoms with Crippen LogP contribution in [0.5, 0.6) is 0 Å². The Morgan fingerprint density at radius 3 is 2.03 bits per heavy atom. The van der Waals surface area contributed by atoms with Crippen LogP contribution in [0.3, 0.4) is 0 Å². The normalized spacial score (nSPS) is 12.1. The maximum Gasteiger partial charge on any atom is 0.245 e. The molecule has 0 radical (unpaired) electrons. The van der Waals surface area contributed by atoms with E-state index in [1.165, 1.54) is 38.4 Å². The fourth-order valence-corrected chi connectivity index (χ4v) is 4.06. The molecule has 0 spiro atoms. The van der Waals surface area contributed by atoms with Crippen molar-refractivity contribution in [2.24, 2.45) is 0 Å². The fourth-order valence-electron chi connectivity index (χ4n) is 2.30. The molecule has 0 aliphatic heterocycles. The Hall–Kier alpha value is -2.57. The Bertz CT molecular complexity index is 1120. The Morgan fingerprint density at radius 2 is 1.55 bits per heavy atom. The van der Waals surface area contributed by atoms with E-state index in [4.69, 9.17) is 0 Å². The predicted octanol–water partition coefficient (Wildman–Crippen LogP) is 1.62. The number of halogens is 2. The standard InChI is InChI=1S/C17H19F2N3O5S2/c1-21(2)29(26,27)14-7-5-13(6-8-14)22(28(3,24)25)11-17(23)20-12-4-9-15(18)16(19)10-12/h4-10H,11H2,1-3H3,(H,20,23). The van der Waals surface area contributed by atoms with Crippen LogP contribution < -0.4 is 9.62 Å². The van der Waals surface area contributed by atoms with E-state index in [-0.39, 0.29) is 16.3 Å². The summed E-state index contributed by atoms with van der Waals surface area (Å²) in [6.45, 7) is -0.655. The summed E-state index contributed by atoms with van der Waals surface area (Å²) in [5, 5.41) is 2.28. The van der Waals surface area contributed by atoms with Crippen LogP contribution in [0.4, 0.5) is 20.2 Å². The van der Waals surface area contributed by atoms with Gasteiger partial charge in [0.1, 0.15) is 6.54 Å². The zero-order valence-electron chi connectivity index (χ0n) is 15.8. The van der Waals surface area contributed by atoms with Gasteiger partial charge in [0, 0.05) is 25.8 Å². The monoisotopic (exact) mass is 447 g/mol. The van der Waals surface area contributed by atoms with Crippen LogP contribution in [0.1, 0.15) is 0 Å². The first kappa shape index (κ1) is 22.7. The predicted molar refractivity (Wildman–Crippen MR) is 104 cm³/mol. The topological polar surface area (TPSA) is 104 Å². The minimum absolute atomic E-state index is 0.0465. The van der Waals surface area contributed by atoms with Crippen molar-refractivity contribution in [3.8, 4) is 0 Å². The molecule has 0 unspecified atom stereocenters. The molecule has 0 fully saturated rings. The van der Waals surface area contributed by atoms with Crippen molar-refractivity contribution < 1.29 is 30.4 Å². The number of sulfonamides is 2. The second kappa shape index (κ2) is 8.43. The molecule has 0 aliphatic rings. The third-order valence-electron chi connectivity index (χ3n) is 3.79. The van der Waals surface area contributed by atoms with E-state index in [0.717, 1.165) is 33.1 Å². The third kappa shape index (κ3) is 5.49. The van der Waals surface area contributed by atoms with Crippen LogP contribution in [0.25, 0.3) is 0 Å². The molecule has 158 valence electrons. The number of carbonyl (C=O) groups excluding carboxylic acids is 1. The number of nitrogens with one attached hydrogen (secondary N) is 1. The minimum Gasteiger partial charge on any atom is -0.324 e. The maximum atomic E-state index is 13.3. The Morgan fingerprint density at radius 1 is 0.966 bits per heavy atom. The van der Waals surface area contributed by atoms with Gasteiger partial charge in [-0.05, 0) is 36.4 Å². The van der Waals surface area contributed by atoms with Crippen LogP contribution in [-0.2, 0) is 24.8 Å². The lowest BCUT2D eigenvalue weighted by molar-refractivity contribution is -0.114. The van der Waals surface area contributed by atoms with Gasteiger partial charge in [0.15, 0.2) is 11.6 Å². The largest absolute Gasteiger partial charge is 0.324 e. The molecule has 1 N–H and O–H groups in total. The highest BCUT2D eigenvalue weighted by atomic mass is 32.2. The molecule has 0 saturated carbocycles. The Balaban J connectivity index is 2.26. The second-order valence-corrected chi connectivity index (χ2v) is 10.3. The van der Waals surface area contributed by atoms with Gasteiger partial charge in [-0.2, -0.15) is 0 Å². The van der Waals surface area contributed by atoms with Crippen LogP contribution in [0.2, 0.25) is 0 Å². The Kier molecular flexibility index (Phi) is 6.60. The van der Waals surface area contributed by atoms with Crippen molar-refractivity contribution in [1.82, 2.24) is 4.31 Å². The lowest BCUT2D eigenvalue weighted by Gasteiger charge is -2.22. The third-order valence-corrected chi connectivity index (χ3v) is 6.76. The van der Waals surface area contributed by atoms with E-state index in [0.29, 0.717) is 0 Å². The summed E-state index contributed by atoms with van der Waals surface area (Å²) in [5.74, 6) is -3.06. The summed E-state index contributed by atoms with van der Waals surface area (Å²) in [6.07, 6.45) is 0.877. The van der Waals surface area contributed by atoms with E-state index < -0.39 is 44.1 Å². The summed E-state index contributed by atoms with van der Waals surface area (Å²) in [5.41, 5.74) is 0.0143. The van der Waals surface area contributed by atoms with Gasteiger partial charge in [0.05, 0.1) is 16.8 Å². The van der Waals surface area contributed by atoms with Crippen molar-refractivity contribution in [2.45, 2.75) is 4.90 Å². The Labute approximate surface area is 167 Å². The number of hydrogen-bond acceptors (Lipinski definition) is 5. The van der Waals surface area contributed by atoms with Gasteiger partial charge in [-0.3, -0.25) is 9.10 Å². The van der Waals surface area contributed by atoms with Gasteiger partial charge in [-0.1, -0.05) is 0 Å². The molecule has 12 heteroatoms. The average molecular weight is 447 g/mol. The molecule has 0 aliphatic carbocycles. The molecular weight excluding hydrogens is 428 g/mol. The van der Waals surface area contributed by atoms with E-state index in [1.54, 1.807) is 0 Å². The SMILES string of the molecule is CN(C)S(=O)(=O)c1ccc(N(CC(=O)Nc2ccc(F)c(F)c2)S(C)(=O)=O)cc1. The first-order chi connectivity index (χ1) is 13.3. The summed E-state index contributed by atoms with van der Waals surface area (Å²) < 4.78 is 76.5. The first-order valence-electron chi connectivity index (χ1n) is 8.07. The van der Waals surface area contributed by atoms with Crippen molar-refractivity contribution >= 4 is 37.3 Å². The van der Waals surface area contributed by atoms with Crippen molar-refractivity contribution in [3.05, 3.63) is 54.1 Å². The first-order valence-corrected chi connectivity index (χ1v) is 11.4. The smallest absolute Gasteiger partial charge is 0.245 e. The number of amides is 1. The highest BCUT2D eigenvalue weighted by Gasteiger charge is 2.23. The number of rotatable bonds is 7. The summed E-state index contributed by atoms with van der Waals surface area (Å²) in [7, 11) is -4.90. The molecule has 29 heavy (non-hydrogen) atoms. The number of carbonyl (C=O) groups is 1. The quantitative estimate of drug-likeness (QED) is 0.695. The molecule has 1 amide bonds. The zero-order valence-corrected chi connectivity index (χ0v) is 17.4. The van der Waals surface area contributed by atoms with E-state index in [1.807, 2.05) is 0 Å². The highest BCUT2D eigenvalue weighted by Crippen LogP contribution is 2.22. The maximum absolute atomic E-state index is 13.3. The molecule has 0 saturated heterocycles. The molecule has 0 bridgehead atoms. The van der Waals surface area contributed by atoms with Crippen molar-refractivity contribution in [2.75, 3.05) is 36.5 Å². The summed E-state index contributed by atoms with van der Waals surface area (Å²) >= 11 is 0. The van der Waals surface area contributed by atoms with Gasteiger partial charge in [-0.25, -0.2) is 29.9 Å². The lowest BCUT2D eigenvalue weighted by atomic mass is 10.3. The molecule has 2 aromatic rings.